The standard InChI is InChI=1S/C20H22N4O/c25-20(19-22-16-24(23-19)18-13-7-2-8-14-18)21-15-9-3-6-12-17-10-4-1-5-11-17/h1-2,4-5,7-8,10-11,13-14,16H,3,6,9,12,15H2,(H,21,25). The van der Waals surface area contributed by atoms with Crippen molar-refractivity contribution in [2.75, 3.05) is 6.54 Å². The number of nitrogens with one attached hydrogen (secondary N) is 1. The number of carbonyl (C=O) groups is 1. The molecule has 0 aliphatic rings. The van der Waals surface area contributed by atoms with E-state index in [9.17, 15) is 4.79 Å². The van der Waals surface area contributed by atoms with E-state index in [1.807, 2.05) is 36.4 Å². The molecule has 0 fully saturated rings. The Bertz CT molecular complexity index is 784. The molecule has 1 amide bonds. The second-order valence-corrected chi connectivity index (χ2v) is 5.90. The summed E-state index contributed by atoms with van der Waals surface area (Å²) in [6.07, 6.45) is 5.81. The minimum absolute atomic E-state index is 0.202. The lowest BCUT2D eigenvalue weighted by Crippen LogP contribution is -2.25. The van der Waals surface area contributed by atoms with Crippen molar-refractivity contribution in [1.29, 1.82) is 0 Å². The van der Waals surface area contributed by atoms with E-state index in [0.717, 1.165) is 31.4 Å². The van der Waals surface area contributed by atoms with Gasteiger partial charge in [0.25, 0.3) is 5.91 Å². The smallest absolute Gasteiger partial charge is 0.290 e. The molecule has 3 rings (SSSR count). The molecule has 0 spiro atoms. The summed E-state index contributed by atoms with van der Waals surface area (Å²) in [6, 6.07) is 20.1. The van der Waals surface area contributed by atoms with Crippen LogP contribution in [0.4, 0.5) is 0 Å². The van der Waals surface area contributed by atoms with E-state index in [1.165, 1.54) is 5.56 Å². The minimum atomic E-state index is -0.224. The Labute approximate surface area is 147 Å². The number of aryl methyl sites for hydroxylation is 1. The van der Waals surface area contributed by atoms with Crippen LogP contribution in [0.15, 0.2) is 67.0 Å². The number of amides is 1. The van der Waals surface area contributed by atoms with Crippen LogP contribution in [0.25, 0.3) is 5.69 Å². The van der Waals surface area contributed by atoms with E-state index in [-0.39, 0.29) is 11.7 Å². The van der Waals surface area contributed by atoms with Crippen LogP contribution < -0.4 is 5.32 Å². The first-order chi connectivity index (χ1) is 12.3. The van der Waals surface area contributed by atoms with Crippen molar-refractivity contribution >= 4 is 5.91 Å². The van der Waals surface area contributed by atoms with Crippen LogP contribution in [0, 0.1) is 0 Å². The second kappa shape index (κ2) is 8.78. The van der Waals surface area contributed by atoms with Crippen molar-refractivity contribution in [2.45, 2.75) is 25.7 Å². The average molecular weight is 334 g/mol. The molecule has 3 aromatic rings. The number of hydrogen-bond donors (Lipinski definition) is 1. The number of rotatable bonds is 8. The molecule has 5 heteroatoms. The summed E-state index contributed by atoms with van der Waals surface area (Å²) in [5.74, 6) is -0.0223. The summed E-state index contributed by atoms with van der Waals surface area (Å²) in [6.45, 7) is 0.646. The highest BCUT2D eigenvalue weighted by Crippen LogP contribution is 2.06. The van der Waals surface area contributed by atoms with E-state index in [1.54, 1.807) is 11.0 Å². The first-order valence-electron chi connectivity index (χ1n) is 8.62. The van der Waals surface area contributed by atoms with E-state index >= 15 is 0 Å². The van der Waals surface area contributed by atoms with Gasteiger partial charge in [-0.3, -0.25) is 4.79 Å². The van der Waals surface area contributed by atoms with Gasteiger partial charge in [-0.25, -0.2) is 9.67 Å². The van der Waals surface area contributed by atoms with Crippen LogP contribution in [-0.2, 0) is 6.42 Å². The zero-order valence-electron chi connectivity index (χ0n) is 14.1. The third-order valence-electron chi connectivity index (χ3n) is 3.99. The lowest BCUT2D eigenvalue weighted by atomic mass is 10.1. The Morgan fingerprint density at radius 3 is 2.40 bits per heavy atom. The lowest BCUT2D eigenvalue weighted by Gasteiger charge is -2.03. The number of para-hydroxylation sites is 1. The molecule has 1 heterocycles. The molecule has 5 nitrogen and oxygen atoms in total. The highest BCUT2D eigenvalue weighted by Gasteiger charge is 2.11. The Morgan fingerprint density at radius 1 is 0.920 bits per heavy atom. The quantitative estimate of drug-likeness (QED) is 0.642. The van der Waals surface area contributed by atoms with Gasteiger partial charge in [-0.2, -0.15) is 0 Å². The first-order valence-corrected chi connectivity index (χ1v) is 8.62. The maximum Gasteiger partial charge on any atom is 0.290 e. The summed E-state index contributed by atoms with van der Waals surface area (Å²) < 4.78 is 1.61. The van der Waals surface area contributed by atoms with E-state index in [0.29, 0.717) is 6.54 Å². The highest BCUT2D eigenvalue weighted by molar-refractivity contribution is 5.90. The molecule has 128 valence electrons. The fraction of sp³-hybridized carbons (Fsp3) is 0.250. The Morgan fingerprint density at radius 2 is 1.64 bits per heavy atom. The van der Waals surface area contributed by atoms with E-state index in [2.05, 4.69) is 39.7 Å². The van der Waals surface area contributed by atoms with Gasteiger partial charge in [0.1, 0.15) is 6.33 Å². The Kier molecular flexibility index (Phi) is 5.93. The number of hydrogen-bond acceptors (Lipinski definition) is 3. The maximum absolute atomic E-state index is 12.1. The summed E-state index contributed by atoms with van der Waals surface area (Å²) in [7, 11) is 0. The van der Waals surface area contributed by atoms with Crippen molar-refractivity contribution in [3.63, 3.8) is 0 Å². The third kappa shape index (κ3) is 5.01. The molecule has 0 radical (unpaired) electrons. The summed E-state index contributed by atoms with van der Waals surface area (Å²) in [5, 5.41) is 7.11. The lowest BCUT2D eigenvalue weighted by molar-refractivity contribution is 0.0942. The number of unbranched alkanes of at least 4 members (excludes halogenated alkanes) is 2. The van der Waals surface area contributed by atoms with Crippen molar-refractivity contribution in [3.05, 3.63) is 78.4 Å². The largest absolute Gasteiger partial charge is 0.349 e. The zero-order chi connectivity index (χ0) is 17.3. The molecule has 0 aliphatic heterocycles. The molecule has 1 N–H and O–H groups in total. The molecular formula is C20H22N4O. The van der Waals surface area contributed by atoms with Gasteiger partial charge in [0.05, 0.1) is 5.69 Å². The second-order valence-electron chi connectivity index (χ2n) is 5.90. The number of carbonyl (C=O) groups excluding carboxylic acids is 1. The van der Waals surface area contributed by atoms with Gasteiger partial charge in [0, 0.05) is 6.54 Å². The van der Waals surface area contributed by atoms with Crippen molar-refractivity contribution in [1.82, 2.24) is 20.1 Å². The van der Waals surface area contributed by atoms with Gasteiger partial charge in [-0.1, -0.05) is 55.0 Å². The molecule has 1 aromatic heterocycles. The molecule has 0 atom stereocenters. The fourth-order valence-corrected chi connectivity index (χ4v) is 2.63. The van der Waals surface area contributed by atoms with Crippen molar-refractivity contribution < 1.29 is 4.79 Å². The zero-order valence-corrected chi connectivity index (χ0v) is 14.1. The van der Waals surface area contributed by atoms with Gasteiger partial charge < -0.3 is 5.32 Å². The monoisotopic (exact) mass is 334 g/mol. The minimum Gasteiger partial charge on any atom is -0.349 e. The van der Waals surface area contributed by atoms with Gasteiger partial charge in [0.2, 0.25) is 5.82 Å². The highest BCUT2D eigenvalue weighted by atomic mass is 16.2. The first kappa shape index (κ1) is 16.9. The molecule has 2 aromatic carbocycles. The molecule has 0 aliphatic carbocycles. The molecule has 0 saturated heterocycles. The third-order valence-corrected chi connectivity index (χ3v) is 3.99. The molecule has 0 bridgehead atoms. The maximum atomic E-state index is 12.1. The van der Waals surface area contributed by atoms with Crippen LogP contribution in [0.1, 0.15) is 35.4 Å². The van der Waals surface area contributed by atoms with E-state index < -0.39 is 0 Å². The predicted octanol–water partition coefficient (Wildman–Crippen LogP) is 3.41. The van der Waals surface area contributed by atoms with Crippen LogP contribution in [0.3, 0.4) is 0 Å². The predicted molar refractivity (Wildman–Crippen MR) is 97.7 cm³/mol. The van der Waals surface area contributed by atoms with Crippen LogP contribution in [0.5, 0.6) is 0 Å². The molecule has 0 saturated carbocycles. The molecule has 0 unspecified atom stereocenters. The molecular weight excluding hydrogens is 312 g/mol. The van der Waals surface area contributed by atoms with Gasteiger partial charge in [0.15, 0.2) is 0 Å². The number of aromatic nitrogens is 3. The van der Waals surface area contributed by atoms with Crippen LogP contribution in [-0.4, -0.2) is 27.2 Å². The fourth-order valence-electron chi connectivity index (χ4n) is 2.63. The number of benzene rings is 2. The van der Waals surface area contributed by atoms with E-state index in [4.69, 9.17) is 0 Å². The van der Waals surface area contributed by atoms with Crippen LogP contribution >= 0.6 is 0 Å². The Hall–Kier alpha value is -2.95. The van der Waals surface area contributed by atoms with Crippen LogP contribution in [0.2, 0.25) is 0 Å². The van der Waals surface area contributed by atoms with Crippen molar-refractivity contribution in [2.24, 2.45) is 0 Å². The summed E-state index contributed by atoms with van der Waals surface area (Å²) in [5.41, 5.74) is 2.25. The Balaban J connectivity index is 1.37. The van der Waals surface area contributed by atoms with Gasteiger partial charge >= 0.3 is 0 Å². The summed E-state index contributed by atoms with van der Waals surface area (Å²) in [4.78, 5) is 16.2. The molecule has 25 heavy (non-hydrogen) atoms. The van der Waals surface area contributed by atoms with Gasteiger partial charge in [-0.15, -0.1) is 5.10 Å². The van der Waals surface area contributed by atoms with Gasteiger partial charge in [-0.05, 0) is 37.0 Å². The SMILES string of the molecule is O=C(NCCCCCc1ccccc1)c1ncn(-c2ccccc2)n1. The number of nitrogens with zero attached hydrogens (tertiary/aromatic N) is 3. The summed E-state index contributed by atoms with van der Waals surface area (Å²) >= 11 is 0. The van der Waals surface area contributed by atoms with Crippen molar-refractivity contribution in [3.8, 4) is 5.69 Å². The average Bonchev–Trinajstić information content (AvgIpc) is 3.16. The topological polar surface area (TPSA) is 59.8 Å². The normalized spacial score (nSPS) is 10.6.